The van der Waals surface area contributed by atoms with E-state index in [1.54, 1.807) is 18.3 Å². The molecule has 0 amide bonds. The van der Waals surface area contributed by atoms with Crippen molar-refractivity contribution in [2.24, 2.45) is 0 Å². The number of para-hydroxylation sites is 1. The topological polar surface area (TPSA) is 84.0 Å². The Kier molecular flexibility index (Phi) is 6.71. The monoisotopic (exact) mass is 450 g/mol. The van der Waals surface area contributed by atoms with Gasteiger partial charge in [-0.2, -0.15) is 0 Å². The second-order valence-corrected chi connectivity index (χ2v) is 7.34. The highest BCUT2D eigenvalue weighted by Crippen LogP contribution is 2.24. The Morgan fingerprint density at radius 1 is 0.968 bits per heavy atom. The Morgan fingerprint density at radius 2 is 1.84 bits per heavy atom. The summed E-state index contributed by atoms with van der Waals surface area (Å²) in [5.74, 6) is 1.64. The number of hydrogen-bond donors (Lipinski definition) is 3. The molecule has 7 nitrogen and oxygen atoms in total. The minimum absolute atomic E-state index is 0.408. The zero-order valence-electron chi connectivity index (χ0n) is 16.4. The lowest BCUT2D eigenvalue weighted by atomic mass is 10.2. The first kappa shape index (κ1) is 20.8. The summed E-state index contributed by atoms with van der Waals surface area (Å²) < 4.78 is 5.63. The Hall–Kier alpha value is -3.49. The molecule has 0 bridgehead atoms. The molecule has 0 atom stereocenters. The van der Waals surface area contributed by atoms with Crippen LogP contribution in [0.15, 0.2) is 72.9 Å². The van der Waals surface area contributed by atoms with Crippen LogP contribution in [0.1, 0.15) is 0 Å². The minimum Gasteiger partial charge on any atom is -0.438 e. The van der Waals surface area contributed by atoms with Crippen LogP contribution in [0, 0.1) is 0 Å². The maximum atomic E-state index is 6.04. The van der Waals surface area contributed by atoms with Crippen molar-refractivity contribution in [2.45, 2.75) is 0 Å². The lowest BCUT2D eigenvalue weighted by molar-refractivity contribution is 0.455. The van der Waals surface area contributed by atoms with Crippen molar-refractivity contribution < 1.29 is 4.74 Å². The van der Waals surface area contributed by atoms with Gasteiger partial charge in [-0.15, -0.1) is 10.2 Å². The summed E-state index contributed by atoms with van der Waals surface area (Å²) >= 11 is 11.4. The minimum atomic E-state index is 0.408. The van der Waals surface area contributed by atoms with E-state index in [1.165, 1.54) is 0 Å². The van der Waals surface area contributed by atoms with E-state index in [0.29, 0.717) is 40.7 Å². The molecule has 3 N–H and O–H groups in total. The molecule has 0 saturated heterocycles. The highest BCUT2D eigenvalue weighted by Gasteiger charge is 2.04. The molecular weight excluding hydrogens is 432 g/mol. The highest BCUT2D eigenvalue weighted by atomic mass is 35.5. The smallest absolute Gasteiger partial charge is 0.238 e. The first-order valence-electron chi connectivity index (χ1n) is 9.57. The van der Waals surface area contributed by atoms with E-state index in [-0.39, 0.29) is 0 Å². The molecule has 0 saturated carbocycles. The third-order valence-corrected chi connectivity index (χ3v) is 4.76. The van der Waals surface area contributed by atoms with Gasteiger partial charge in [-0.1, -0.05) is 29.8 Å². The molecule has 0 aliphatic heterocycles. The van der Waals surface area contributed by atoms with Crippen LogP contribution in [0.5, 0.6) is 11.6 Å². The highest BCUT2D eigenvalue weighted by molar-refractivity contribution is 7.80. The molecule has 0 aliphatic rings. The molecule has 0 spiro atoms. The van der Waals surface area contributed by atoms with Crippen LogP contribution in [-0.2, 0) is 0 Å². The van der Waals surface area contributed by atoms with Crippen molar-refractivity contribution >= 4 is 51.3 Å². The van der Waals surface area contributed by atoms with Gasteiger partial charge < -0.3 is 20.7 Å². The van der Waals surface area contributed by atoms with E-state index in [2.05, 4.69) is 31.1 Å². The average molecular weight is 451 g/mol. The summed E-state index contributed by atoms with van der Waals surface area (Å²) in [6.07, 6.45) is 1.75. The second-order valence-electron chi connectivity index (χ2n) is 6.50. The lowest BCUT2D eigenvalue weighted by Gasteiger charge is -2.12. The van der Waals surface area contributed by atoms with Gasteiger partial charge in [0, 0.05) is 41.4 Å². The molecule has 0 unspecified atom stereocenters. The van der Waals surface area contributed by atoms with Gasteiger partial charge in [0.25, 0.3) is 0 Å². The van der Waals surface area contributed by atoms with Gasteiger partial charge in [-0.25, -0.2) is 0 Å². The molecule has 9 heteroatoms. The molecule has 156 valence electrons. The third kappa shape index (κ3) is 5.78. The van der Waals surface area contributed by atoms with Gasteiger partial charge in [0.05, 0.1) is 5.52 Å². The van der Waals surface area contributed by atoms with Crippen LogP contribution in [0.3, 0.4) is 0 Å². The predicted molar refractivity (Wildman–Crippen MR) is 128 cm³/mol. The molecule has 0 radical (unpaired) electrons. The fraction of sp³-hybridized carbons (Fsp3) is 0.0909. The van der Waals surface area contributed by atoms with Gasteiger partial charge in [0.2, 0.25) is 5.88 Å². The zero-order valence-corrected chi connectivity index (χ0v) is 18.0. The van der Waals surface area contributed by atoms with E-state index >= 15 is 0 Å². The predicted octanol–water partition coefficient (Wildman–Crippen LogP) is 4.87. The lowest BCUT2D eigenvalue weighted by Crippen LogP contribution is -2.32. The van der Waals surface area contributed by atoms with E-state index in [9.17, 15) is 0 Å². The summed E-state index contributed by atoms with van der Waals surface area (Å²) in [6.45, 7) is 1.28. The number of aromatic nitrogens is 3. The first-order valence-corrected chi connectivity index (χ1v) is 10.4. The fourth-order valence-corrected chi connectivity index (χ4v) is 3.23. The van der Waals surface area contributed by atoms with Crippen molar-refractivity contribution in [1.82, 2.24) is 20.5 Å². The summed E-state index contributed by atoms with van der Waals surface area (Å²) in [7, 11) is 0. The summed E-state index contributed by atoms with van der Waals surface area (Å²) in [5, 5.41) is 19.8. The molecule has 0 aliphatic carbocycles. The number of halogens is 1. The van der Waals surface area contributed by atoms with E-state index in [0.717, 1.165) is 16.6 Å². The number of hydrogen-bond acceptors (Lipinski definition) is 6. The van der Waals surface area contributed by atoms with Crippen LogP contribution in [0.25, 0.3) is 10.9 Å². The van der Waals surface area contributed by atoms with Crippen LogP contribution >= 0.6 is 23.8 Å². The van der Waals surface area contributed by atoms with Crippen LogP contribution in [0.4, 0.5) is 11.5 Å². The van der Waals surface area contributed by atoms with Crippen molar-refractivity contribution in [2.75, 3.05) is 23.7 Å². The maximum absolute atomic E-state index is 6.04. The largest absolute Gasteiger partial charge is 0.438 e. The van der Waals surface area contributed by atoms with Gasteiger partial charge in [0.1, 0.15) is 5.75 Å². The van der Waals surface area contributed by atoms with Crippen LogP contribution < -0.4 is 20.7 Å². The Labute approximate surface area is 189 Å². The van der Waals surface area contributed by atoms with E-state index < -0.39 is 0 Å². The van der Waals surface area contributed by atoms with Crippen LogP contribution in [-0.4, -0.2) is 33.4 Å². The molecule has 0 fully saturated rings. The number of fused-ring (bicyclic) bond motifs is 1. The SMILES string of the molecule is S=C(NCCNc1ccnc2cc(Cl)ccc12)Nc1ccc(Oc2ccccc2)nn1. The Balaban J connectivity index is 1.23. The summed E-state index contributed by atoms with van der Waals surface area (Å²) in [5.41, 5.74) is 1.84. The van der Waals surface area contributed by atoms with Gasteiger partial charge in [-0.3, -0.25) is 4.98 Å². The maximum Gasteiger partial charge on any atom is 0.238 e. The number of pyridine rings is 1. The van der Waals surface area contributed by atoms with Crippen molar-refractivity contribution in [1.29, 1.82) is 0 Å². The molecular formula is C22H19ClN6OS. The summed E-state index contributed by atoms with van der Waals surface area (Å²) in [4.78, 5) is 4.34. The normalized spacial score (nSPS) is 10.5. The number of ether oxygens (including phenoxy) is 1. The first-order chi connectivity index (χ1) is 15.2. The quantitative estimate of drug-likeness (QED) is 0.271. The number of benzene rings is 2. The molecule has 31 heavy (non-hydrogen) atoms. The number of nitrogens with one attached hydrogen (secondary N) is 3. The van der Waals surface area contributed by atoms with Gasteiger partial charge >= 0.3 is 0 Å². The van der Waals surface area contributed by atoms with E-state index in [1.807, 2.05) is 54.6 Å². The molecule has 2 aromatic carbocycles. The second kappa shape index (κ2) is 10.0. The number of anilines is 2. The molecule has 2 aromatic heterocycles. The molecule has 4 rings (SSSR count). The fourth-order valence-electron chi connectivity index (χ4n) is 2.86. The Morgan fingerprint density at radius 3 is 2.65 bits per heavy atom. The van der Waals surface area contributed by atoms with Crippen molar-refractivity contribution in [3.8, 4) is 11.6 Å². The molecule has 2 heterocycles. The number of thiocarbonyl (C=S) groups is 1. The van der Waals surface area contributed by atoms with Gasteiger partial charge in [-0.05, 0) is 54.7 Å². The number of nitrogens with zero attached hydrogens (tertiary/aromatic N) is 3. The third-order valence-electron chi connectivity index (χ3n) is 4.28. The van der Waals surface area contributed by atoms with Crippen LogP contribution in [0.2, 0.25) is 5.02 Å². The number of rotatable bonds is 7. The van der Waals surface area contributed by atoms with Crippen molar-refractivity contribution in [3.63, 3.8) is 0 Å². The standard InChI is InChI=1S/C22H19ClN6OS/c23-15-6-7-17-18(10-11-24-19(17)14-15)25-12-13-26-22(31)27-20-8-9-21(29-28-20)30-16-4-2-1-3-5-16/h1-11,14H,12-13H2,(H,24,25)(H2,26,27,28,31). The van der Waals surface area contributed by atoms with E-state index in [4.69, 9.17) is 28.6 Å². The average Bonchev–Trinajstić information content (AvgIpc) is 2.78. The Bertz CT molecular complexity index is 1170. The van der Waals surface area contributed by atoms with Crippen molar-refractivity contribution in [3.05, 3.63) is 77.9 Å². The summed E-state index contributed by atoms with van der Waals surface area (Å²) in [6, 6.07) is 20.5. The zero-order chi connectivity index (χ0) is 21.5. The molecule has 4 aromatic rings. The van der Waals surface area contributed by atoms with Gasteiger partial charge in [0.15, 0.2) is 10.9 Å².